The molecule has 0 atom stereocenters. The van der Waals surface area contributed by atoms with Crippen LogP contribution in [0.3, 0.4) is 0 Å². The Kier molecular flexibility index (Phi) is 8.53. The molecule has 0 bridgehead atoms. The number of aliphatic imine (C=N–C) groups is 1. The van der Waals surface area contributed by atoms with Crippen molar-refractivity contribution in [2.45, 2.75) is 19.9 Å². The van der Waals surface area contributed by atoms with Gasteiger partial charge in [0.05, 0.1) is 32.0 Å². The summed E-state index contributed by atoms with van der Waals surface area (Å²) in [6.07, 6.45) is 2.87. The molecular weight excluding hydrogens is 346 g/mol. The summed E-state index contributed by atoms with van der Waals surface area (Å²) < 4.78 is 7.20. The lowest BCUT2D eigenvalue weighted by atomic mass is 10.2. The monoisotopic (exact) mass is 379 g/mol. The maximum atomic E-state index is 11.9. The van der Waals surface area contributed by atoms with Crippen molar-refractivity contribution < 1.29 is 9.53 Å². The first-order valence-corrected chi connectivity index (χ1v) is 9.53. The lowest BCUT2D eigenvalue weighted by Crippen LogP contribution is -2.46. The van der Waals surface area contributed by atoms with Gasteiger partial charge in [0.1, 0.15) is 0 Å². The highest BCUT2D eigenvalue weighted by Gasteiger charge is 2.11. The largest absolute Gasteiger partial charge is 0.379 e. The molecule has 1 fully saturated rings. The van der Waals surface area contributed by atoms with Gasteiger partial charge in [0.2, 0.25) is 5.91 Å². The highest BCUT2D eigenvalue weighted by Crippen LogP contribution is 2.08. The van der Waals surface area contributed by atoms with E-state index in [1.165, 1.54) is 0 Å². The normalized spacial score (nSPS) is 15.6. The van der Waals surface area contributed by atoms with E-state index in [-0.39, 0.29) is 12.5 Å². The fraction of sp³-hybridized carbons (Fsp3) is 0.722. The van der Waals surface area contributed by atoms with E-state index >= 15 is 0 Å². The fourth-order valence-corrected chi connectivity index (χ4v) is 2.83. The molecule has 9 heteroatoms. The van der Waals surface area contributed by atoms with Crippen molar-refractivity contribution in [1.29, 1.82) is 0 Å². The first-order valence-electron chi connectivity index (χ1n) is 9.53. The zero-order chi connectivity index (χ0) is 19.6. The van der Waals surface area contributed by atoms with Crippen LogP contribution >= 0.6 is 0 Å². The molecule has 152 valence electrons. The number of morpholine rings is 1. The van der Waals surface area contributed by atoms with Crippen LogP contribution in [0.4, 0.5) is 0 Å². The first kappa shape index (κ1) is 21.2. The van der Waals surface area contributed by atoms with Crippen molar-refractivity contribution >= 4 is 11.9 Å². The summed E-state index contributed by atoms with van der Waals surface area (Å²) in [5, 5.41) is 10.9. The number of aromatic nitrogens is 2. The number of carbonyl (C=O) groups excluding carboxylic acids is 1. The van der Waals surface area contributed by atoms with Crippen molar-refractivity contribution in [3.05, 3.63) is 17.5 Å². The Hall–Kier alpha value is -2.13. The Bertz CT molecular complexity index is 621. The number of hydrogen-bond donors (Lipinski definition) is 2. The summed E-state index contributed by atoms with van der Waals surface area (Å²) >= 11 is 0. The first-order chi connectivity index (χ1) is 13.0. The third-order valence-electron chi connectivity index (χ3n) is 4.46. The second-order valence-corrected chi connectivity index (χ2v) is 6.82. The minimum absolute atomic E-state index is 0.00769. The van der Waals surface area contributed by atoms with Crippen LogP contribution in [0.5, 0.6) is 0 Å². The number of rotatable bonds is 8. The van der Waals surface area contributed by atoms with Crippen molar-refractivity contribution in [1.82, 2.24) is 30.2 Å². The molecule has 27 heavy (non-hydrogen) atoms. The highest BCUT2D eigenvalue weighted by atomic mass is 16.5. The van der Waals surface area contributed by atoms with Crippen LogP contribution < -0.4 is 10.6 Å². The molecule has 0 unspecified atom stereocenters. The lowest BCUT2D eigenvalue weighted by Gasteiger charge is -2.26. The average molecular weight is 380 g/mol. The summed E-state index contributed by atoms with van der Waals surface area (Å²) in [7, 11) is 5.41. The molecule has 1 aromatic rings. The second-order valence-electron chi connectivity index (χ2n) is 6.82. The summed E-state index contributed by atoms with van der Waals surface area (Å²) in [5.41, 5.74) is 2.16. The number of nitrogens with one attached hydrogen (secondary N) is 2. The van der Waals surface area contributed by atoms with E-state index in [0.717, 1.165) is 57.1 Å². The maximum absolute atomic E-state index is 11.9. The third kappa shape index (κ3) is 7.18. The van der Waals surface area contributed by atoms with Gasteiger partial charge in [-0.1, -0.05) is 6.92 Å². The Morgan fingerprint density at radius 3 is 2.74 bits per heavy atom. The molecule has 9 nitrogen and oxygen atoms in total. The number of guanidine groups is 1. The van der Waals surface area contributed by atoms with Crippen molar-refractivity contribution in [2.24, 2.45) is 12.0 Å². The zero-order valence-corrected chi connectivity index (χ0v) is 17.0. The standard InChI is InChI=1S/C18H33N7O2/c1-5-16-15(14-24(4)22-16)12-20-18(21-13-17(26)23(2)3)19-6-7-25-8-10-27-11-9-25/h14H,5-13H2,1-4H3,(H2,19,20,21). The third-order valence-corrected chi connectivity index (χ3v) is 4.46. The molecule has 1 amide bonds. The Morgan fingerprint density at radius 1 is 1.33 bits per heavy atom. The van der Waals surface area contributed by atoms with Gasteiger partial charge >= 0.3 is 0 Å². The molecule has 1 saturated heterocycles. The number of aryl methyl sites for hydroxylation is 2. The molecule has 1 aromatic heterocycles. The van der Waals surface area contributed by atoms with Gasteiger partial charge in [0.25, 0.3) is 0 Å². The van der Waals surface area contributed by atoms with Crippen LogP contribution in [0.1, 0.15) is 18.2 Å². The molecule has 1 aliphatic rings. The lowest BCUT2D eigenvalue weighted by molar-refractivity contribution is -0.127. The molecule has 0 radical (unpaired) electrons. The van der Waals surface area contributed by atoms with Gasteiger partial charge in [-0.3, -0.25) is 14.4 Å². The van der Waals surface area contributed by atoms with Crippen LogP contribution in [0.15, 0.2) is 11.2 Å². The van der Waals surface area contributed by atoms with Crippen molar-refractivity contribution in [3.8, 4) is 0 Å². The van der Waals surface area contributed by atoms with E-state index < -0.39 is 0 Å². The number of ether oxygens (including phenoxy) is 1. The summed E-state index contributed by atoms with van der Waals surface area (Å²) in [6, 6.07) is 0. The predicted octanol–water partition coefficient (Wildman–Crippen LogP) is -0.562. The predicted molar refractivity (Wildman–Crippen MR) is 106 cm³/mol. The SMILES string of the molecule is CCc1nn(C)cc1CN=C(NCCN1CCOCC1)NCC(=O)N(C)C. The van der Waals surface area contributed by atoms with Gasteiger partial charge in [-0.05, 0) is 6.42 Å². The number of carbonyl (C=O) groups is 1. The van der Waals surface area contributed by atoms with E-state index in [0.29, 0.717) is 12.5 Å². The molecule has 2 rings (SSSR count). The molecular formula is C18H33N7O2. The van der Waals surface area contributed by atoms with E-state index in [4.69, 9.17) is 4.74 Å². The Balaban J connectivity index is 1.93. The van der Waals surface area contributed by atoms with E-state index in [2.05, 4.69) is 32.5 Å². The summed E-state index contributed by atoms with van der Waals surface area (Å²) in [4.78, 5) is 20.5. The Labute approximate surface area is 161 Å². The summed E-state index contributed by atoms with van der Waals surface area (Å²) in [5.74, 6) is 0.651. The average Bonchev–Trinajstić information content (AvgIpc) is 3.03. The van der Waals surface area contributed by atoms with Gasteiger partial charge in [0, 0.05) is 59.1 Å². The molecule has 2 N–H and O–H groups in total. The minimum atomic E-state index is 0.00769. The van der Waals surface area contributed by atoms with Crippen molar-refractivity contribution in [3.63, 3.8) is 0 Å². The fourth-order valence-electron chi connectivity index (χ4n) is 2.83. The minimum Gasteiger partial charge on any atom is -0.379 e. The molecule has 0 aliphatic carbocycles. The van der Waals surface area contributed by atoms with E-state index in [1.54, 1.807) is 19.0 Å². The quantitative estimate of drug-likeness (QED) is 0.465. The topological polar surface area (TPSA) is 87.0 Å². The molecule has 0 aromatic carbocycles. The van der Waals surface area contributed by atoms with Crippen LogP contribution in [0.2, 0.25) is 0 Å². The highest BCUT2D eigenvalue weighted by molar-refractivity contribution is 5.86. The number of amides is 1. The van der Waals surface area contributed by atoms with Crippen LogP contribution in [-0.4, -0.2) is 91.5 Å². The number of nitrogens with zero attached hydrogens (tertiary/aromatic N) is 5. The van der Waals surface area contributed by atoms with Gasteiger partial charge in [-0.25, -0.2) is 4.99 Å². The zero-order valence-electron chi connectivity index (χ0n) is 17.0. The van der Waals surface area contributed by atoms with Crippen LogP contribution in [0.25, 0.3) is 0 Å². The van der Waals surface area contributed by atoms with Gasteiger partial charge in [-0.2, -0.15) is 5.10 Å². The van der Waals surface area contributed by atoms with E-state index in [9.17, 15) is 4.79 Å². The maximum Gasteiger partial charge on any atom is 0.241 e. The van der Waals surface area contributed by atoms with Gasteiger partial charge in [-0.15, -0.1) is 0 Å². The van der Waals surface area contributed by atoms with Crippen LogP contribution in [-0.2, 0) is 29.5 Å². The Morgan fingerprint density at radius 2 is 2.07 bits per heavy atom. The van der Waals surface area contributed by atoms with Gasteiger partial charge < -0.3 is 20.3 Å². The molecule has 2 heterocycles. The molecule has 0 spiro atoms. The van der Waals surface area contributed by atoms with Crippen molar-refractivity contribution in [2.75, 3.05) is 60.0 Å². The van der Waals surface area contributed by atoms with Gasteiger partial charge in [0.15, 0.2) is 5.96 Å². The molecule has 1 aliphatic heterocycles. The smallest absolute Gasteiger partial charge is 0.241 e. The summed E-state index contributed by atoms with van der Waals surface area (Å²) in [6.45, 7) is 7.99. The van der Waals surface area contributed by atoms with Crippen LogP contribution in [0, 0.1) is 0 Å². The number of hydrogen-bond acceptors (Lipinski definition) is 5. The second kappa shape index (κ2) is 10.9. The van der Waals surface area contributed by atoms with E-state index in [1.807, 2.05) is 17.9 Å². The number of likely N-dealkylation sites (N-methyl/N-ethyl adjacent to an activating group) is 1. The molecule has 0 saturated carbocycles.